The van der Waals surface area contributed by atoms with Crippen LogP contribution in [0.2, 0.25) is 0 Å². The molecule has 0 saturated carbocycles. The van der Waals surface area contributed by atoms with E-state index in [4.69, 9.17) is 4.74 Å². The summed E-state index contributed by atoms with van der Waals surface area (Å²) >= 11 is 0. The first kappa shape index (κ1) is 15.9. The van der Waals surface area contributed by atoms with Crippen LogP contribution < -0.4 is 5.32 Å². The van der Waals surface area contributed by atoms with Crippen molar-refractivity contribution >= 4 is 9.84 Å². The van der Waals surface area contributed by atoms with Gasteiger partial charge in [-0.2, -0.15) is 0 Å². The Hall–Kier alpha value is -0.170. The van der Waals surface area contributed by atoms with Crippen LogP contribution in [0.1, 0.15) is 19.8 Å². The van der Waals surface area contributed by atoms with Gasteiger partial charge in [0, 0.05) is 18.8 Å². The van der Waals surface area contributed by atoms with Crippen molar-refractivity contribution in [2.75, 3.05) is 57.4 Å². The molecule has 0 bridgehead atoms. The Morgan fingerprint density at radius 3 is 2.50 bits per heavy atom. The summed E-state index contributed by atoms with van der Waals surface area (Å²) in [5.41, 5.74) is 0. The van der Waals surface area contributed by atoms with Gasteiger partial charge in [0.2, 0.25) is 0 Å². The quantitative estimate of drug-likeness (QED) is 0.607. The number of ether oxygens (including phenoxy) is 1. The van der Waals surface area contributed by atoms with Crippen molar-refractivity contribution in [1.29, 1.82) is 0 Å². The molecule has 1 rings (SSSR count). The molecule has 1 fully saturated rings. The lowest BCUT2D eigenvalue weighted by Crippen LogP contribution is -2.37. The van der Waals surface area contributed by atoms with Crippen LogP contribution in [-0.4, -0.2) is 70.8 Å². The van der Waals surface area contributed by atoms with Crippen LogP contribution in [0.15, 0.2) is 0 Å². The molecule has 0 amide bonds. The molecule has 0 unspecified atom stereocenters. The first-order chi connectivity index (χ1) is 8.64. The molecule has 5 nitrogen and oxygen atoms in total. The molecule has 0 aromatic rings. The minimum Gasteiger partial charge on any atom is -0.379 e. The van der Waals surface area contributed by atoms with Gasteiger partial charge in [0.1, 0.15) is 9.84 Å². The smallest absolute Gasteiger partial charge is 0.150 e. The fraction of sp³-hybridized carbons (Fsp3) is 1.00. The predicted octanol–water partition coefficient (Wildman–Crippen LogP) is 0.123. The second kappa shape index (κ2) is 8.85. The maximum atomic E-state index is 11.2. The number of rotatable bonds is 9. The van der Waals surface area contributed by atoms with Crippen molar-refractivity contribution < 1.29 is 13.2 Å². The highest BCUT2D eigenvalue weighted by Crippen LogP contribution is 1.97. The lowest BCUT2D eigenvalue weighted by atomic mass is 10.3. The van der Waals surface area contributed by atoms with Crippen molar-refractivity contribution in [2.24, 2.45) is 0 Å². The van der Waals surface area contributed by atoms with Gasteiger partial charge in [-0.3, -0.25) is 4.90 Å². The van der Waals surface area contributed by atoms with Gasteiger partial charge in [-0.1, -0.05) is 6.92 Å². The Morgan fingerprint density at radius 1 is 1.17 bits per heavy atom. The number of nitrogens with zero attached hydrogens (tertiary/aromatic N) is 1. The highest BCUT2D eigenvalue weighted by molar-refractivity contribution is 7.91. The molecule has 0 aromatic heterocycles. The van der Waals surface area contributed by atoms with Crippen LogP contribution in [0.4, 0.5) is 0 Å². The average molecular weight is 278 g/mol. The van der Waals surface area contributed by atoms with E-state index in [9.17, 15) is 8.42 Å². The number of morpholine rings is 1. The average Bonchev–Trinajstić information content (AvgIpc) is 2.39. The van der Waals surface area contributed by atoms with E-state index in [0.29, 0.717) is 12.2 Å². The minimum atomic E-state index is -2.79. The van der Waals surface area contributed by atoms with Crippen LogP contribution in [-0.2, 0) is 14.6 Å². The maximum Gasteiger partial charge on any atom is 0.150 e. The molecule has 1 heterocycles. The van der Waals surface area contributed by atoms with Gasteiger partial charge in [0.25, 0.3) is 0 Å². The third kappa shape index (κ3) is 7.31. The molecular weight excluding hydrogens is 252 g/mol. The standard InChI is InChI=1S/C12H26N2O3S/c1-2-18(15,16)12-4-6-13-5-3-7-14-8-10-17-11-9-14/h13H,2-12H2,1H3. The number of hydrogen-bond acceptors (Lipinski definition) is 5. The molecule has 108 valence electrons. The lowest BCUT2D eigenvalue weighted by molar-refractivity contribution is 0.0375. The van der Waals surface area contributed by atoms with Gasteiger partial charge >= 0.3 is 0 Å². The van der Waals surface area contributed by atoms with Crippen molar-refractivity contribution in [3.8, 4) is 0 Å². The van der Waals surface area contributed by atoms with E-state index in [1.807, 2.05) is 0 Å². The third-order valence-corrected chi connectivity index (χ3v) is 4.97. The molecule has 6 heteroatoms. The molecule has 0 atom stereocenters. The summed E-state index contributed by atoms with van der Waals surface area (Å²) in [4.78, 5) is 2.41. The van der Waals surface area contributed by atoms with E-state index in [-0.39, 0.29) is 5.75 Å². The fourth-order valence-electron chi connectivity index (χ4n) is 1.94. The second-order valence-corrected chi connectivity index (χ2v) is 7.12. The lowest BCUT2D eigenvalue weighted by Gasteiger charge is -2.26. The monoisotopic (exact) mass is 278 g/mol. The fourth-order valence-corrected chi connectivity index (χ4v) is 2.81. The van der Waals surface area contributed by atoms with Gasteiger partial charge in [-0.05, 0) is 32.5 Å². The van der Waals surface area contributed by atoms with Crippen LogP contribution in [0.3, 0.4) is 0 Å². The molecule has 0 radical (unpaired) electrons. The Morgan fingerprint density at radius 2 is 1.83 bits per heavy atom. The van der Waals surface area contributed by atoms with Crippen molar-refractivity contribution in [3.05, 3.63) is 0 Å². The summed E-state index contributed by atoms with van der Waals surface area (Å²) in [5.74, 6) is 0.560. The maximum absolute atomic E-state index is 11.2. The van der Waals surface area contributed by atoms with Crippen molar-refractivity contribution in [3.63, 3.8) is 0 Å². The van der Waals surface area contributed by atoms with Crippen LogP contribution >= 0.6 is 0 Å². The van der Waals surface area contributed by atoms with E-state index in [1.54, 1.807) is 6.92 Å². The Bertz CT molecular complexity index is 300. The van der Waals surface area contributed by atoms with E-state index >= 15 is 0 Å². The summed E-state index contributed by atoms with van der Waals surface area (Å²) in [6, 6.07) is 0. The highest BCUT2D eigenvalue weighted by Gasteiger charge is 2.09. The number of sulfone groups is 1. The Balaban J connectivity index is 1.89. The van der Waals surface area contributed by atoms with E-state index in [1.165, 1.54) is 0 Å². The van der Waals surface area contributed by atoms with Gasteiger partial charge in [0.15, 0.2) is 0 Å². The van der Waals surface area contributed by atoms with Gasteiger partial charge in [-0.15, -0.1) is 0 Å². The summed E-state index contributed by atoms with van der Waals surface area (Å²) in [5, 5.41) is 3.30. The van der Waals surface area contributed by atoms with Crippen LogP contribution in [0.25, 0.3) is 0 Å². The normalized spacial score (nSPS) is 18.1. The number of hydrogen-bond donors (Lipinski definition) is 1. The van der Waals surface area contributed by atoms with E-state index < -0.39 is 9.84 Å². The molecule has 0 spiro atoms. The zero-order valence-corrected chi connectivity index (χ0v) is 12.2. The second-order valence-electron chi connectivity index (χ2n) is 4.65. The Labute approximate surface area is 111 Å². The molecule has 1 aliphatic heterocycles. The van der Waals surface area contributed by atoms with E-state index in [0.717, 1.165) is 52.4 Å². The third-order valence-electron chi connectivity index (χ3n) is 3.18. The molecule has 0 aromatic carbocycles. The topological polar surface area (TPSA) is 58.6 Å². The van der Waals surface area contributed by atoms with E-state index in [2.05, 4.69) is 10.2 Å². The zero-order valence-electron chi connectivity index (χ0n) is 11.4. The van der Waals surface area contributed by atoms with Gasteiger partial charge in [0.05, 0.1) is 19.0 Å². The zero-order chi connectivity index (χ0) is 13.3. The van der Waals surface area contributed by atoms with Crippen LogP contribution in [0, 0.1) is 0 Å². The van der Waals surface area contributed by atoms with Crippen molar-refractivity contribution in [1.82, 2.24) is 10.2 Å². The number of nitrogens with one attached hydrogen (secondary N) is 1. The molecular formula is C12H26N2O3S. The summed E-state index contributed by atoms with van der Waals surface area (Å²) in [6.07, 6.45) is 1.83. The molecule has 1 aliphatic rings. The summed E-state index contributed by atoms with van der Waals surface area (Å²) in [6.45, 7) is 8.33. The molecule has 0 aliphatic carbocycles. The first-order valence-electron chi connectivity index (χ1n) is 6.85. The van der Waals surface area contributed by atoms with Gasteiger partial charge < -0.3 is 10.1 Å². The molecule has 1 N–H and O–H groups in total. The first-order valence-corrected chi connectivity index (χ1v) is 8.67. The van der Waals surface area contributed by atoms with Crippen LogP contribution in [0.5, 0.6) is 0 Å². The van der Waals surface area contributed by atoms with Gasteiger partial charge in [-0.25, -0.2) is 8.42 Å². The Kier molecular flexibility index (Phi) is 7.81. The minimum absolute atomic E-state index is 0.254. The summed E-state index contributed by atoms with van der Waals surface area (Å²) < 4.78 is 27.8. The molecule has 18 heavy (non-hydrogen) atoms. The molecule has 1 saturated heterocycles. The summed E-state index contributed by atoms with van der Waals surface area (Å²) in [7, 11) is -2.79. The van der Waals surface area contributed by atoms with Crippen molar-refractivity contribution in [2.45, 2.75) is 19.8 Å². The predicted molar refractivity (Wildman–Crippen MR) is 73.7 cm³/mol. The highest BCUT2D eigenvalue weighted by atomic mass is 32.2. The largest absolute Gasteiger partial charge is 0.379 e. The SMILES string of the molecule is CCS(=O)(=O)CCCNCCCN1CCOCC1.